The Labute approximate surface area is 220 Å². The van der Waals surface area contributed by atoms with E-state index >= 15 is 0 Å². The van der Waals surface area contributed by atoms with Gasteiger partial charge in [0, 0.05) is 21.0 Å². The molecule has 2 aromatic carbocycles. The zero-order chi connectivity index (χ0) is 26.2. The van der Waals surface area contributed by atoms with Gasteiger partial charge in [-0.2, -0.15) is 4.31 Å². The van der Waals surface area contributed by atoms with Crippen LogP contribution in [0.15, 0.2) is 65.6 Å². The molecule has 0 spiro atoms. The van der Waals surface area contributed by atoms with Crippen LogP contribution in [0.2, 0.25) is 0 Å². The number of pyridine rings is 1. The highest BCUT2D eigenvalue weighted by atomic mass is 32.2. The van der Waals surface area contributed by atoms with Crippen LogP contribution in [0, 0.1) is 0 Å². The zero-order valence-corrected chi connectivity index (χ0v) is 21.8. The third kappa shape index (κ3) is 4.69. The molecule has 2 aliphatic rings. The summed E-state index contributed by atoms with van der Waals surface area (Å²) in [6.07, 6.45) is 3.95. The van der Waals surface area contributed by atoms with Crippen LogP contribution in [0.3, 0.4) is 0 Å². The molecule has 1 atom stereocenters. The number of rotatable bonds is 8. The molecular weight excluding hydrogens is 490 g/mol. The van der Waals surface area contributed by atoms with Gasteiger partial charge in [-0.15, -0.1) is 0 Å². The standard InChI is InChI=1S/C28H31N3O5S.2H2/c1-3-21-6-5-17-31(21)37(34,35)22-12-9-19(10-13-22)23-7-4-8-26(29-23)30-27(33)28(15-16-28)20-11-14-25(36-2)24(32)18-20;;/h4,7-14,18,21,32H,3,5-6,15-17H2,1-2H3,(H,29,30,33);2*1H/t21-;;/m0../s1. The van der Waals surface area contributed by atoms with Crippen molar-refractivity contribution in [2.75, 3.05) is 19.0 Å². The lowest BCUT2D eigenvalue weighted by molar-refractivity contribution is -0.118. The van der Waals surface area contributed by atoms with Crippen molar-refractivity contribution in [3.63, 3.8) is 0 Å². The summed E-state index contributed by atoms with van der Waals surface area (Å²) < 4.78 is 33.0. The smallest absolute Gasteiger partial charge is 0.243 e. The number of nitrogens with one attached hydrogen (secondary N) is 1. The lowest BCUT2D eigenvalue weighted by atomic mass is 9.94. The summed E-state index contributed by atoms with van der Waals surface area (Å²) in [6.45, 7) is 2.58. The van der Waals surface area contributed by atoms with Crippen molar-refractivity contribution in [2.24, 2.45) is 0 Å². The fourth-order valence-electron chi connectivity index (χ4n) is 5.13. The molecule has 5 rings (SSSR count). The molecule has 3 aromatic rings. The highest BCUT2D eigenvalue weighted by Gasteiger charge is 2.51. The number of hydrogen-bond acceptors (Lipinski definition) is 6. The molecule has 1 saturated carbocycles. The number of hydrogen-bond donors (Lipinski definition) is 2. The maximum atomic E-state index is 13.2. The van der Waals surface area contributed by atoms with E-state index in [0.717, 1.165) is 30.4 Å². The van der Waals surface area contributed by atoms with Gasteiger partial charge in [-0.05, 0) is 74.1 Å². The number of phenols is 1. The number of sulfonamides is 1. The fourth-order valence-corrected chi connectivity index (χ4v) is 6.89. The molecule has 1 aliphatic heterocycles. The van der Waals surface area contributed by atoms with Crippen LogP contribution in [-0.4, -0.2) is 48.4 Å². The second-order valence-corrected chi connectivity index (χ2v) is 11.6. The average molecular weight is 526 g/mol. The molecule has 1 amide bonds. The van der Waals surface area contributed by atoms with E-state index in [4.69, 9.17) is 4.74 Å². The second-order valence-electron chi connectivity index (χ2n) is 9.68. The summed E-state index contributed by atoms with van der Waals surface area (Å²) in [5.41, 5.74) is 1.41. The Balaban J connectivity index is 0.00000210. The number of amides is 1. The van der Waals surface area contributed by atoms with Crippen molar-refractivity contribution in [1.82, 2.24) is 9.29 Å². The zero-order valence-electron chi connectivity index (χ0n) is 21.0. The van der Waals surface area contributed by atoms with Crippen molar-refractivity contribution >= 4 is 21.7 Å². The number of carbonyl (C=O) groups is 1. The van der Waals surface area contributed by atoms with Crippen LogP contribution < -0.4 is 10.1 Å². The van der Waals surface area contributed by atoms with Crippen molar-refractivity contribution in [1.29, 1.82) is 0 Å². The lowest BCUT2D eigenvalue weighted by Crippen LogP contribution is -2.35. The van der Waals surface area contributed by atoms with Gasteiger partial charge >= 0.3 is 0 Å². The first-order valence-electron chi connectivity index (χ1n) is 12.6. The third-order valence-electron chi connectivity index (χ3n) is 7.46. The summed E-state index contributed by atoms with van der Waals surface area (Å²) in [5, 5.41) is 13.1. The number of benzene rings is 2. The Bertz CT molecular complexity index is 1430. The van der Waals surface area contributed by atoms with Gasteiger partial charge in [0.1, 0.15) is 5.82 Å². The van der Waals surface area contributed by atoms with E-state index in [-0.39, 0.29) is 25.4 Å². The van der Waals surface area contributed by atoms with Gasteiger partial charge in [0.2, 0.25) is 15.9 Å². The Morgan fingerprint density at radius 2 is 1.95 bits per heavy atom. The molecule has 2 N–H and O–H groups in total. The molecule has 9 heteroatoms. The SMILES string of the molecule is CC[C@H]1CCCN1S(=O)(=O)c1ccc(-c2cccc(NC(=O)C3(c4ccc(OC)c(O)c4)CC3)n2)cc1.[HH].[HH]. The maximum Gasteiger partial charge on any atom is 0.243 e. The first-order valence-corrected chi connectivity index (χ1v) is 14.0. The van der Waals surface area contributed by atoms with Crippen LogP contribution in [0.25, 0.3) is 11.3 Å². The van der Waals surface area contributed by atoms with Crippen molar-refractivity contribution in [2.45, 2.75) is 55.4 Å². The molecule has 0 radical (unpaired) electrons. The first kappa shape index (κ1) is 25.2. The number of carbonyl (C=O) groups excluding carboxylic acids is 1. The van der Waals surface area contributed by atoms with Crippen LogP contribution in [-0.2, 0) is 20.2 Å². The van der Waals surface area contributed by atoms with Crippen molar-refractivity contribution in [3.8, 4) is 22.8 Å². The minimum absolute atomic E-state index is 0. The lowest BCUT2D eigenvalue weighted by Gasteiger charge is -2.23. The topological polar surface area (TPSA) is 109 Å². The number of methoxy groups -OCH3 is 1. The molecule has 0 bridgehead atoms. The molecular formula is C28H35N3O5S. The van der Waals surface area contributed by atoms with E-state index in [0.29, 0.717) is 36.6 Å². The van der Waals surface area contributed by atoms with Gasteiger partial charge in [-0.1, -0.05) is 31.2 Å². The van der Waals surface area contributed by atoms with Crippen LogP contribution in [0.4, 0.5) is 5.82 Å². The van der Waals surface area contributed by atoms with Gasteiger partial charge in [-0.25, -0.2) is 13.4 Å². The van der Waals surface area contributed by atoms with Crippen LogP contribution in [0.1, 0.15) is 47.4 Å². The normalized spacial score (nSPS) is 18.9. The molecule has 2 heterocycles. The van der Waals surface area contributed by atoms with E-state index < -0.39 is 15.4 Å². The molecule has 8 nitrogen and oxygen atoms in total. The number of aromatic hydroxyl groups is 1. The van der Waals surface area contributed by atoms with Gasteiger partial charge in [0.15, 0.2) is 11.5 Å². The van der Waals surface area contributed by atoms with E-state index in [2.05, 4.69) is 10.3 Å². The largest absolute Gasteiger partial charge is 0.504 e. The van der Waals surface area contributed by atoms with Gasteiger partial charge < -0.3 is 15.2 Å². The summed E-state index contributed by atoms with van der Waals surface area (Å²) in [4.78, 5) is 18.1. The monoisotopic (exact) mass is 525 g/mol. The van der Waals surface area contributed by atoms with E-state index in [1.54, 1.807) is 58.9 Å². The molecule has 1 aromatic heterocycles. The van der Waals surface area contributed by atoms with E-state index in [1.165, 1.54) is 7.11 Å². The van der Waals surface area contributed by atoms with Crippen LogP contribution >= 0.6 is 0 Å². The highest BCUT2D eigenvalue weighted by molar-refractivity contribution is 7.89. The van der Waals surface area contributed by atoms with Gasteiger partial charge in [0.25, 0.3) is 0 Å². The molecule has 0 unspecified atom stereocenters. The summed E-state index contributed by atoms with van der Waals surface area (Å²) in [7, 11) is -2.06. The average Bonchev–Trinajstić information content (AvgIpc) is 3.58. The molecule has 1 saturated heterocycles. The molecule has 198 valence electrons. The Morgan fingerprint density at radius 3 is 2.59 bits per heavy atom. The predicted molar refractivity (Wildman–Crippen MR) is 145 cm³/mol. The van der Waals surface area contributed by atoms with Crippen molar-refractivity contribution in [3.05, 3.63) is 66.2 Å². The molecule has 1 aliphatic carbocycles. The number of anilines is 1. The van der Waals surface area contributed by atoms with Crippen molar-refractivity contribution < 1.29 is 25.9 Å². The summed E-state index contributed by atoms with van der Waals surface area (Å²) in [6, 6.07) is 17.2. The predicted octanol–water partition coefficient (Wildman–Crippen LogP) is 5.19. The van der Waals surface area contributed by atoms with Gasteiger partial charge in [0.05, 0.1) is 23.1 Å². The minimum Gasteiger partial charge on any atom is -0.504 e. The highest BCUT2D eigenvalue weighted by Crippen LogP contribution is 2.50. The summed E-state index contributed by atoms with van der Waals surface area (Å²) in [5.74, 6) is 0.587. The number of ether oxygens (including phenoxy) is 1. The molecule has 2 fully saturated rings. The van der Waals surface area contributed by atoms with E-state index in [9.17, 15) is 18.3 Å². The van der Waals surface area contributed by atoms with E-state index in [1.807, 2.05) is 13.0 Å². The fraction of sp³-hybridized carbons (Fsp3) is 0.357. The van der Waals surface area contributed by atoms with Crippen LogP contribution in [0.5, 0.6) is 11.5 Å². The van der Waals surface area contributed by atoms with Gasteiger partial charge in [-0.3, -0.25) is 4.79 Å². The Morgan fingerprint density at radius 1 is 1.19 bits per heavy atom. The Hall–Kier alpha value is -3.43. The molecule has 37 heavy (non-hydrogen) atoms. The number of phenolic OH excluding ortho intramolecular Hbond substituents is 1. The number of nitrogens with zero attached hydrogens (tertiary/aromatic N) is 2. The first-order chi connectivity index (χ1) is 17.8. The Kier molecular flexibility index (Phi) is 6.68. The number of aromatic nitrogens is 1. The third-order valence-corrected chi connectivity index (χ3v) is 9.42. The minimum atomic E-state index is -3.54. The second kappa shape index (κ2) is 9.79. The quantitative estimate of drug-likeness (QED) is 0.419. The maximum absolute atomic E-state index is 13.2. The summed E-state index contributed by atoms with van der Waals surface area (Å²) >= 11 is 0.